The number of ether oxygens (including phenoxy) is 3. The number of halogens is 1. The van der Waals surface area contributed by atoms with Gasteiger partial charge in [0.15, 0.2) is 17.5 Å². The largest absolute Gasteiger partial charge is 0.493 e. The highest BCUT2D eigenvalue weighted by molar-refractivity contribution is 14.0. The summed E-state index contributed by atoms with van der Waals surface area (Å²) < 4.78 is 16.0. The van der Waals surface area contributed by atoms with Crippen molar-refractivity contribution in [3.63, 3.8) is 0 Å². The highest BCUT2D eigenvalue weighted by Crippen LogP contribution is 2.38. The summed E-state index contributed by atoms with van der Waals surface area (Å²) in [7, 11) is 4.80. The number of nitrogens with one attached hydrogen (secondary N) is 2. The first-order chi connectivity index (χ1) is 10.5. The zero-order valence-electron chi connectivity index (χ0n) is 14.7. The van der Waals surface area contributed by atoms with E-state index >= 15 is 0 Å². The van der Waals surface area contributed by atoms with E-state index in [1.165, 1.54) is 0 Å². The number of guanidine groups is 1. The minimum absolute atomic E-state index is 0. The number of nitrogens with zero attached hydrogens (tertiary/aromatic N) is 1. The highest BCUT2D eigenvalue weighted by Gasteiger charge is 2.13. The SMILES string of the molecule is CCNC(=NCc1cc(OC)c(OC)c(OC)c1)NC(C)C.I. The monoisotopic (exact) mass is 437 g/mol. The van der Waals surface area contributed by atoms with Crippen LogP contribution in [0, 0.1) is 0 Å². The van der Waals surface area contributed by atoms with Gasteiger partial charge in [-0.2, -0.15) is 0 Å². The van der Waals surface area contributed by atoms with Crippen LogP contribution in [0.5, 0.6) is 17.2 Å². The van der Waals surface area contributed by atoms with E-state index in [0.717, 1.165) is 18.1 Å². The molecule has 23 heavy (non-hydrogen) atoms. The fraction of sp³-hybridized carbons (Fsp3) is 0.562. The van der Waals surface area contributed by atoms with Gasteiger partial charge in [0.2, 0.25) is 5.75 Å². The third-order valence-electron chi connectivity index (χ3n) is 2.91. The van der Waals surface area contributed by atoms with Crippen molar-refractivity contribution in [1.82, 2.24) is 10.6 Å². The predicted octanol–water partition coefficient (Wildman–Crippen LogP) is 2.79. The highest BCUT2D eigenvalue weighted by atomic mass is 127. The smallest absolute Gasteiger partial charge is 0.203 e. The van der Waals surface area contributed by atoms with E-state index < -0.39 is 0 Å². The van der Waals surface area contributed by atoms with Crippen LogP contribution in [0.3, 0.4) is 0 Å². The molecule has 132 valence electrons. The first kappa shape index (κ1) is 21.6. The Kier molecular flexibility index (Phi) is 10.5. The van der Waals surface area contributed by atoms with Gasteiger partial charge in [-0.3, -0.25) is 0 Å². The molecule has 0 aromatic heterocycles. The molecular formula is C16H28IN3O3. The van der Waals surface area contributed by atoms with Crippen LogP contribution in [0.15, 0.2) is 17.1 Å². The van der Waals surface area contributed by atoms with Gasteiger partial charge in [-0.1, -0.05) is 0 Å². The minimum atomic E-state index is 0. The molecule has 0 saturated heterocycles. The van der Waals surface area contributed by atoms with Crippen molar-refractivity contribution >= 4 is 29.9 Å². The Labute approximate surface area is 156 Å². The summed E-state index contributed by atoms with van der Waals surface area (Å²) in [4.78, 5) is 4.57. The van der Waals surface area contributed by atoms with Crippen molar-refractivity contribution < 1.29 is 14.2 Å². The van der Waals surface area contributed by atoms with Crippen LogP contribution in [0.2, 0.25) is 0 Å². The van der Waals surface area contributed by atoms with Crippen molar-refractivity contribution in [2.24, 2.45) is 4.99 Å². The Hall–Kier alpha value is -1.38. The lowest BCUT2D eigenvalue weighted by atomic mass is 10.2. The summed E-state index contributed by atoms with van der Waals surface area (Å²) in [6.45, 7) is 7.52. The normalized spacial score (nSPS) is 10.8. The van der Waals surface area contributed by atoms with Gasteiger partial charge in [0.1, 0.15) is 0 Å². The number of hydrogen-bond acceptors (Lipinski definition) is 4. The molecule has 7 heteroatoms. The van der Waals surface area contributed by atoms with E-state index in [-0.39, 0.29) is 24.0 Å². The van der Waals surface area contributed by atoms with Crippen LogP contribution in [0.25, 0.3) is 0 Å². The van der Waals surface area contributed by atoms with Gasteiger partial charge in [-0.05, 0) is 38.5 Å². The number of methoxy groups -OCH3 is 3. The number of rotatable bonds is 7. The van der Waals surface area contributed by atoms with Crippen LogP contribution in [0.4, 0.5) is 0 Å². The zero-order valence-corrected chi connectivity index (χ0v) is 17.1. The predicted molar refractivity (Wildman–Crippen MR) is 105 cm³/mol. The molecule has 0 aliphatic heterocycles. The molecule has 6 nitrogen and oxygen atoms in total. The van der Waals surface area contributed by atoms with Crippen LogP contribution in [0.1, 0.15) is 26.3 Å². The van der Waals surface area contributed by atoms with Gasteiger partial charge in [0.05, 0.1) is 27.9 Å². The van der Waals surface area contributed by atoms with Crippen molar-refractivity contribution in [2.45, 2.75) is 33.4 Å². The Bertz CT molecular complexity index is 482. The second-order valence-corrected chi connectivity index (χ2v) is 5.03. The van der Waals surface area contributed by atoms with Gasteiger partial charge in [0, 0.05) is 12.6 Å². The van der Waals surface area contributed by atoms with Gasteiger partial charge in [-0.15, -0.1) is 24.0 Å². The fourth-order valence-electron chi connectivity index (χ4n) is 1.99. The van der Waals surface area contributed by atoms with E-state index in [1.807, 2.05) is 19.1 Å². The maximum absolute atomic E-state index is 5.35. The van der Waals surface area contributed by atoms with Gasteiger partial charge >= 0.3 is 0 Å². The first-order valence-electron chi connectivity index (χ1n) is 7.39. The molecular weight excluding hydrogens is 409 g/mol. The lowest BCUT2D eigenvalue weighted by Crippen LogP contribution is -2.40. The van der Waals surface area contributed by atoms with Gasteiger partial charge in [0.25, 0.3) is 0 Å². The van der Waals surface area contributed by atoms with E-state index in [9.17, 15) is 0 Å². The average molecular weight is 437 g/mol. The van der Waals surface area contributed by atoms with Gasteiger partial charge in [-0.25, -0.2) is 4.99 Å². The molecule has 1 rings (SSSR count). The Morgan fingerprint density at radius 1 is 1.09 bits per heavy atom. The van der Waals surface area contributed by atoms with Crippen molar-refractivity contribution in [3.05, 3.63) is 17.7 Å². The fourth-order valence-corrected chi connectivity index (χ4v) is 1.99. The number of benzene rings is 1. The van der Waals surface area contributed by atoms with Gasteiger partial charge < -0.3 is 24.8 Å². The van der Waals surface area contributed by atoms with Crippen LogP contribution < -0.4 is 24.8 Å². The third-order valence-corrected chi connectivity index (χ3v) is 2.91. The van der Waals surface area contributed by atoms with Crippen molar-refractivity contribution in [2.75, 3.05) is 27.9 Å². The molecule has 2 N–H and O–H groups in total. The molecule has 0 saturated carbocycles. The van der Waals surface area contributed by atoms with Crippen LogP contribution in [-0.2, 0) is 6.54 Å². The lowest BCUT2D eigenvalue weighted by molar-refractivity contribution is 0.324. The zero-order chi connectivity index (χ0) is 16.5. The summed E-state index contributed by atoms with van der Waals surface area (Å²) in [6, 6.07) is 4.13. The molecule has 1 aromatic rings. The molecule has 1 aromatic carbocycles. The molecule has 0 bridgehead atoms. The van der Waals surface area contributed by atoms with Crippen LogP contribution >= 0.6 is 24.0 Å². The molecule has 0 aliphatic carbocycles. The first-order valence-corrected chi connectivity index (χ1v) is 7.39. The van der Waals surface area contributed by atoms with Crippen molar-refractivity contribution in [1.29, 1.82) is 0 Å². The topological polar surface area (TPSA) is 64.1 Å². The second-order valence-electron chi connectivity index (χ2n) is 5.03. The number of aliphatic imine (C=N–C) groups is 1. The molecule has 0 radical (unpaired) electrons. The molecule has 0 aliphatic rings. The maximum Gasteiger partial charge on any atom is 0.203 e. The summed E-state index contributed by atoms with van der Waals surface area (Å²) >= 11 is 0. The molecule has 0 spiro atoms. The average Bonchev–Trinajstić information content (AvgIpc) is 2.51. The Balaban J connectivity index is 0.00000484. The molecule has 0 unspecified atom stereocenters. The quantitative estimate of drug-likeness (QED) is 0.390. The second kappa shape index (κ2) is 11.2. The maximum atomic E-state index is 5.35. The minimum Gasteiger partial charge on any atom is -0.493 e. The van der Waals surface area contributed by atoms with E-state index in [0.29, 0.717) is 29.8 Å². The lowest BCUT2D eigenvalue weighted by Gasteiger charge is -2.15. The molecule has 0 amide bonds. The number of hydrogen-bond donors (Lipinski definition) is 2. The summed E-state index contributed by atoms with van der Waals surface area (Å²) in [5.41, 5.74) is 0.982. The van der Waals surface area contributed by atoms with E-state index in [4.69, 9.17) is 14.2 Å². The standard InChI is InChI=1S/C16H27N3O3.HI/c1-7-17-16(19-11(2)3)18-10-12-8-13(20-4)15(22-6)14(9-12)21-5;/h8-9,11H,7,10H2,1-6H3,(H2,17,18,19);1H. The summed E-state index contributed by atoms with van der Waals surface area (Å²) in [6.07, 6.45) is 0. The molecule has 0 fully saturated rings. The Morgan fingerprint density at radius 3 is 2.04 bits per heavy atom. The Morgan fingerprint density at radius 2 is 1.65 bits per heavy atom. The third kappa shape index (κ3) is 6.72. The van der Waals surface area contributed by atoms with Crippen molar-refractivity contribution in [3.8, 4) is 17.2 Å². The summed E-state index contributed by atoms with van der Waals surface area (Å²) in [5, 5.41) is 6.50. The van der Waals surface area contributed by atoms with E-state index in [2.05, 4.69) is 29.5 Å². The van der Waals surface area contributed by atoms with Crippen LogP contribution in [-0.4, -0.2) is 39.9 Å². The van der Waals surface area contributed by atoms with E-state index in [1.54, 1.807) is 21.3 Å². The molecule has 0 heterocycles. The molecule has 0 atom stereocenters. The summed E-state index contributed by atoms with van der Waals surface area (Å²) in [5.74, 6) is 2.64.